The Hall–Kier alpha value is -0.120. The van der Waals surface area contributed by atoms with Crippen molar-refractivity contribution in [1.82, 2.24) is 5.32 Å². The van der Waals surface area contributed by atoms with E-state index in [0.29, 0.717) is 6.54 Å². The molecule has 0 amide bonds. The first-order valence-electron chi connectivity index (χ1n) is 4.35. The lowest BCUT2D eigenvalue weighted by molar-refractivity contribution is 0.0390. The molecule has 1 rings (SSSR count). The molecule has 0 aromatic carbocycles. The molecule has 1 aliphatic rings. The number of hydrogen-bond acceptors (Lipinski definition) is 3. The van der Waals surface area contributed by atoms with Gasteiger partial charge >= 0.3 is 0 Å². The summed E-state index contributed by atoms with van der Waals surface area (Å²) in [7, 11) is 0. The molecule has 1 heterocycles. The smallest absolute Gasteiger partial charge is 0.0964 e. The highest BCUT2D eigenvalue weighted by molar-refractivity contribution is 4.89. The molecule has 3 atom stereocenters. The summed E-state index contributed by atoms with van der Waals surface area (Å²) in [4.78, 5) is 0. The van der Waals surface area contributed by atoms with Crippen molar-refractivity contribution in [1.29, 1.82) is 0 Å². The lowest BCUT2D eigenvalue weighted by Crippen LogP contribution is -2.32. The number of unbranched alkanes of at least 4 members (excludes halogenated alkanes) is 1. The minimum Gasteiger partial charge on any atom is -0.389 e. The van der Waals surface area contributed by atoms with E-state index in [0.717, 1.165) is 19.3 Å². The van der Waals surface area contributed by atoms with Crippen LogP contribution in [-0.4, -0.2) is 35.0 Å². The van der Waals surface area contributed by atoms with Crippen molar-refractivity contribution in [3.05, 3.63) is 0 Å². The maximum atomic E-state index is 9.37. The number of nitrogens with one attached hydrogen (secondary N) is 1. The molecule has 1 fully saturated rings. The van der Waals surface area contributed by atoms with Crippen LogP contribution in [0.5, 0.6) is 0 Å². The van der Waals surface area contributed by atoms with Gasteiger partial charge in [-0.15, -0.1) is 0 Å². The van der Waals surface area contributed by atoms with E-state index in [1.807, 2.05) is 0 Å². The summed E-state index contributed by atoms with van der Waals surface area (Å²) in [5, 5.41) is 21.6. The van der Waals surface area contributed by atoms with Gasteiger partial charge in [0, 0.05) is 12.6 Å². The third kappa shape index (κ3) is 2.15. The van der Waals surface area contributed by atoms with Gasteiger partial charge in [0.25, 0.3) is 0 Å². The molecule has 1 saturated heterocycles. The Balaban J connectivity index is 2.24. The molecule has 0 bridgehead atoms. The highest BCUT2D eigenvalue weighted by Gasteiger charge is 2.31. The van der Waals surface area contributed by atoms with E-state index < -0.39 is 12.2 Å². The van der Waals surface area contributed by atoms with Crippen LogP contribution in [0.2, 0.25) is 0 Å². The van der Waals surface area contributed by atoms with Gasteiger partial charge in [0.1, 0.15) is 0 Å². The van der Waals surface area contributed by atoms with E-state index in [-0.39, 0.29) is 6.04 Å². The van der Waals surface area contributed by atoms with Crippen LogP contribution in [0.3, 0.4) is 0 Å². The molecule has 0 aliphatic carbocycles. The van der Waals surface area contributed by atoms with Crippen molar-refractivity contribution in [2.45, 2.75) is 44.4 Å². The summed E-state index contributed by atoms with van der Waals surface area (Å²) in [6, 6.07) is 0.116. The number of β-amino-alcohol motifs (C(OH)–C–C–N with tert-alkyl or cyclic N) is 1. The zero-order valence-electron chi connectivity index (χ0n) is 6.95. The second-order valence-corrected chi connectivity index (χ2v) is 3.21. The number of aliphatic hydroxyl groups is 2. The molecule has 66 valence electrons. The van der Waals surface area contributed by atoms with Crippen LogP contribution in [0.25, 0.3) is 0 Å². The lowest BCUT2D eigenvalue weighted by Gasteiger charge is -2.14. The van der Waals surface area contributed by atoms with Gasteiger partial charge in [0.05, 0.1) is 12.2 Å². The predicted octanol–water partition coefficient (Wildman–Crippen LogP) is -0.130. The normalized spacial score (nSPS) is 37.9. The summed E-state index contributed by atoms with van der Waals surface area (Å²) in [5.41, 5.74) is 0. The van der Waals surface area contributed by atoms with Crippen LogP contribution in [0.4, 0.5) is 0 Å². The van der Waals surface area contributed by atoms with E-state index >= 15 is 0 Å². The van der Waals surface area contributed by atoms with Gasteiger partial charge in [-0.3, -0.25) is 0 Å². The van der Waals surface area contributed by atoms with Crippen LogP contribution >= 0.6 is 0 Å². The molecular weight excluding hydrogens is 142 g/mol. The largest absolute Gasteiger partial charge is 0.389 e. The van der Waals surface area contributed by atoms with E-state index in [2.05, 4.69) is 12.2 Å². The fraction of sp³-hybridized carbons (Fsp3) is 1.00. The molecule has 3 N–H and O–H groups in total. The highest BCUT2D eigenvalue weighted by atomic mass is 16.3. The summed E-state index contributed by atoms with van der Waals surface area (Å²) in [6.45, 7) is 2.66. The maximum Gasteiger partial charge on any atom is 0.0964 e. The van der Waals surface area contributed by atoms with Gasteiger partial charge in [-0.1, -0.05) is 19.8 Å². The van der Waals surface area contributed by atoms with E-state index in [1.54, 1.807) is 0 Å². The van der Waals surface area contributed by atoms with Crippen LogP contribution in [0.15, 0.2) is 0 Å². The van der Waals surface area contributed by atoms with E-state index in [1.165, 1.54) is 0 Å². The number of hydrogen-bond donors (Lipinski definition) is 3. The average Bonchev–Trinajstić information content (AvgIpc) is 2.31. The fourth-order valence-corrected chi connectivity index (χ4v) is 1.48. The first-order valence-corrected chi connectivity index (χ1v) is 4.35. The predicted molar refractivity (Wildman–Crippen MR) is 43.3 cm³/mol. The van der Waals surface area contributed by atoms with Crippen LogP contribution in [0, 0.1) is 0 Å². The quantitative estimate of drug-likeness (QED) is 0.537. The van der Waals surface area contributed by atoms with Gasteiger partial charge in [-0.2, -0.15) is 0 Å². The van der Waals surface area contributed by atoms with Crippen molar-refractivity contribution in [2.24, 2.45) is 0 Å². The Morgan fingerprint density at radius 3 is 2.64 bits per heavy atom. The molecule has 0 aromatic rings. The first-order chi connectivity index (χ1) is 5.25. The molecular formula is C8H17NO2. The SMILES string of the molecule is CCCC[C@H]1NC[C@H](O)[C@H]1O. The topological polar surface area (TPSA) is 52.5 Å². The highest BCUT2D eigenvalue weighted by Crippen LogP contribution is 2.13. The molecule has 0 aromatic heterocycles. The van der Waals surface area contributed by atoms with Gasteiger partial charge in [0.2, 0.25) is 0 Å². The molecule has 0 unspecified atom stereocenters. The van der Waals surface area contributed by atoms with E-state index in [4.69, 9.17) is 5.11 Å². The number of rotatable bonds is 3. The van der Waals surface area contributed by atoms with Crippen molar-refractivity contribution < 1.29 is 10.2 Å². The monoisotopic (exact) mass is 159 g/mol. The lowest BCUT2D eigenvalue weighted by atomic mass is 10.1. The minimum absolute atomic E-state index is 0.116. The Labute approximate surface area is 67.4 Å². The summed E-state index contributed by atoms with van der Waals surface area (Å²) < 4.78 is 0. The second kappa shape index (κ2) is 4.04. The number of aliphatic hydroxyl groups excluding tert-OH is 2. The Morgan fingerprint density at radius 1 is 1.45 bits per heavy atom. The van der Waals surface area contributed by atoms with Crippen molar-refractivity contribution in [3.63, 3.8) is 0 Å². The van der Waals surface area contributed by atoms with Crippen LogP contribution < -0.4 is 5.32 Å². The summed E-state index contributed by atoms with van der Waals surface area (Å²) in [6.07, 6.45) is 2.11. The average molecular weight is 159 g/mol. The van der Waals surface area contributed by atoms with Crippen LogP contribution in [0.1, 0.15) is 26.2 Å². The van der Waals surface area contributed by atoms with Gasteiger partial charge in [-0.05, 0) is 6.42 Å². The van der Waals surface area contributed by atoms with Crippen LogP contribution in [-0.2, 0) is 0 Å². The Morgan fingerprint density at radius 2 is 2.18 bits per heavy atom. The molecule has 3 nitrogen and oxygen atoms in total. The zero-order chi connectivity index (χ0) is 8.27. The molecule has 11 heavy (non-hydrogen) atoms. The van der Waals surface area contributed by atoms with Crippen molar-refractivity contribution in [3.8, 4) is 0 Å². The molecule has 0 radical (unpaired) electrons. The van der Waals surface area contributed by atoms with Gasteiger partial charge < -0.3 is 15.5 Å². The third-order valence-corrected chi connectivity index (χ3v) is 2.26. The zero-order valence-corrected chi connectivity index (χ0v) is 6.95. The fourth-order valence-electron chi connectivity index (χ4n) is 1.48. The summed E-state index contributed by atoms with van der Waals surface area (Å²) in [5.74, 6) is 0. The molecule has 1 aliphatic heterocycles. The van der Waals surface area contributed by atoms with Crippen molar-refractivity contribution in [2.75, 3.05) is 6.54 Å². The Bertz CT molecular complexity index is 119. The molecule has 3 heteroatoms. The van der Waals surface area contributed by atoms with E-state index in [9.17, 15) is 5.11 Å². The molecule has 0 spiro atoms. The van der Waals surface area contributed by atoms with Gasteiger partial charge in [-0.25, -0.2) is 0 Å². The first kappa shape index (κ1) is 8.97. The Kier molecular flexibility index (Phi) is 3.30. The van der Waals surface area contributed by atoms with Crippen molar-refractivity contribution >= 4 is 0 Å². The second-order valence-electron chi connectivity index (χ2n) is 3.21. The maximum absolute atomic E-state index is 9.37. The minimum atomic E-state index is -0.558. The van der Waals surface area contributed by atoms with Gasteiger partial charge in [0.15, 0.2) is 0 Å². The molecule has 0 saturated carbocycles. The standard InChI is InChI=1S/C8H17NO2/c1-2-3-4-6-8(11)7(10)5-9-6/h6-11H,2-5H2,1H3/t6-,7+,8+/m1/s1. The summed E-state index contributed by atoms with van der Waals surface area (Å²) >= 11 is 0. The third-order valence-electron chi connectivity index (χ3n) is 2.26.